The predicted octanol–water partition coefficient (Wildman–Crippen LogP) is 1.45. The number of aliphatic hydroxyl groups excluding tert-OH is 1. The third kappa shape index (κ3) is 4.08. The SMILES string of the molecule is CC(O)CC1CCCCCN1C(=O)N1CCOCC1. The molecular weight excluding hydrogens is 244 g/mol. The van der Waals surface area contributed by atoms with Crippen molar-refractivity contribution < 1.29 is 14.6 Å². The molecule has 2 unspecified atom stereocenters. The summed E-state index contributed by atoms with van der Waals surface area (Å²) in [6, 6.07) is 0.327. The second-order valence-corrected chi connectivity index (χ2v) is 5.66. The summed E-state index contributed by atoms with van der Waals surface area (Å²) >= 11 is 0. The van der Waals surface area contributed by atoms with Gasteiger partial charge in [0.2, 0.25) is 0 Å². The summed E-state index contributed by atoms with van der Waals surface area (Å²) in [4.78, 5) is 16.5. The zero-order valence-corrected chi connectivity index (χ0v) is 11.9. The smallest absolute Gasteiger partial charge is 0.320 e. The molecule has 2 amide bonds. The van der Waals surface area contributed by atoms with E-state index in [9.17, 15) is 9.90 Å². The van der Waals surface area contributed by atoms with Gasteiger partial charge in [-0.2, -0.15) is 0 Å². The van der Waals surface area contributed by atoms with Crippen molar-refractivity contribution in [3.63, 3.8) is 0 Å². The first-order chi connectivity index (χ1) is 9.18. The van der Waals surface area contributed by atoms with E-state index >= 15 is 0 Å². The fourth-order valence-corrected chi connectivity index (χ4v) is 3.00. The standard InChI is InChI=1S/C14H26N2O3/c1-12(17)11-13-5-3-2-4-6-16(13)14(18)15-7-9-19-10-8-15/h12-13,17H,2-11H2,1H3. The molecule has 2 atom stereocenters. The minimum atomic E-state index is -0.344. The van der Waals surface area contributed by atoms with Gasteiger partial charge in [0.15, 0.2) is 0 Å². The molecule has 0 aromatic carbocycles. The molecule has 0 bridgehead atoms. The zero-order valence-electron chi connectivity index (χ0n) is 11.9. The molecule has 0 aromatic heterocycles. The molecule has 0 radical (unpaired) electrons. The lowest BCUT2D eigenvalue weighted by Crippen LogP contribution is -2.52. The molecule has 0 spiro atoms. The Morgan fingerprint density at radius 2 is 2.00 bits per heavy atom. The number of urea groups is 1. The highest BCUT2D eigenvalue weighted by Crippen LogP contribution is 2.22. The normalized spacial score (nSPS) is 26.9. The second-order valence-electron chi connectivity index (χ2n) is 5.66. The minimum absolute atomic E-state index is 0.135. The van der Waals surface area contributed by atoms with E-state index < -0.39 is 0 Å². The molecule has 2 fully saturated rings. The number of carbonyl (C=O) groups is 1. The van der Waals surface area contributed by atoms with Crippen molar-refractivity contribution >= 4 is 6.03 Å². The Hall–Kier alpha value is -0.810. The van der Waals surface area contributed by atoms with Crippen LogP contribution in [0.15, 0.2) is 0 Å². The number of hydrogen-bond acceptors (Lipinski definition) is 3. The van der Waals surface area contributed by atoms with Crippen LogP contribution in [-0.2, 0) is 4.74 Å². The second kappa shape index (κ2) is 7.10. The molecule has 0 saturated carbocycles. The number of carbonyl (C=O) groups excluding carboxylic acids is 1. The largest absolute Gasteiger partial charge is 0.393 e. The Kier molecular flexibility index (Phi) is 5.45. The fraction of sp³-hybridized carbons (Fsp3) is 0.929. The van der Waals surface area contributed by atoms with Crippen molar-refractivity contribution in [3.05, 3.63) is 0 Å². The maximum Gasteiger partial charge on any atom is 0.320 e. The van der Waals surface area contributed by atoms with Crippen LogP contribution in [0.3, 0.4) is 0 Å². The van der Waals surface area contributed by atoms with Gasteiger partial charge in [0.05, 0.1) is 19.3 Å². The highest BCUT2D eigenvalue weighted by Gasteiger charge is 2.30. The first kappa shape index (κ1) is 14.6. The van der Waals surface area contributed by atoms with Crippen LogP contribution >= 0.6 is 0 Å². The van der Waals surface area contributed by atoms with Gasteiger partial charge >= 0.3 is 6.03 Å². The number of hydrogen-bond donors (Lipinski definition) is 1. The van der Waals surface area contributed by atoms with Crippen LogP contribution in [0, 0.1) is 0 Å². The van der Waals surface area contributed by atoms with Crippen LogP contribution in [-0.4, -0.2) is 65.9 Å². The van der Waals surface area contributed by atoms with E-state index in [1.165, 1.54) is 6.42 Å². The van der Waals surface area contributed by atoms with E-state index in [0.29, 0.717) is 32.7 Å². The van der Waals surface area contributed by atoms with Gasteiger partial charge in [-0.05, 0) is 26.2 Å². The summed E-state index contributed by atoms with van der Waals surface area (Å²) in [5, 5.41) is 9.63. The van der Waals surface area contributed by atoms with Gasteiger partial charge in [-0.1, -0.05) is 12.8 Å². The number of likely N-dealkylation sites (tertiary alicyclic amines) is 1. The van der Waals surface area contributed by atoms with Crippen molar-refractivity contribution in [3.8, 4) is 0 Å². The monoisotopic (exact) mass is 270 g/mol. The van der Waals surface area contributed by atoms with Gasteiger partial charge in [0, 0.05) is 25.7 Å². The summed E-state index contributed by atoms with van der Waals surface area (Å²) in [6.45, 7) is 5.30. The maximum atomic E-state index is 12.6. The Bertz CT molecular complexity index is 290. The molecular formula is C14H26N2O3. The van der Waals surface area contributed by atoms with E-state index in [1.807, 2.05) is 16.7 Å². The van der Waals surface area contributed by atoms with E-state index in [0.717, 1.165) is 25.8 Å². The Morgan fingerprint density at radius 1 is 1.26 bits per heavy atom. The van der Waals surface area contributed by atoms with Gasteiger partial charge in [-0.25, -0.2) is 4.79 Å². The van der Waals surface area contributed by atoms with Crippen LogP contribution in [0.5, 0.6) is 0 Å². The molecule has 2 saturated heterocycles. The molecule has 2 heterocycles. The van der Waals surface area contributed by atoms with Crippen molar-refractivity contribution in [2.75, 3.05) is 32.8 Å². The van der Waals surface area contributed by atoms with Crippen molar-refractivity contribution in [1.82, 2.24) is 9.80 Å². The van der Waals surface area contributed by atoms with Gasteiger partial charge in [-0.15, -0.1) is 0 Å². The van der Waals surface area contributed by atoms with Crippen molar-refractivity contribution in [2.45, 2.75) is 51.2 Å². The highest BCUT2D eigenvalue weighted by molar-refractivity contribution is 5.75. The third-order valence-corrected chi connectivity index (χ3v) is 4.02. The number of aliphatic hydroxyl groups is 1. The molecule has 1 N–H and O–H groups in total. The van der Waals surface area contributed by atoms with E-state index in [2.05, 4.69) is 0 Å². The van der Waals surface area contributed by atoms with Crippen LogP contribution in [0.2, 0.25) is 0 Å². The van der Waals surface area contributed by atoms with Crippen LogP contribution in [0.4, 0.5) is 4.79 Å². The molecule has 0 aliphatic carbocycles. The van der Waals surface area contributed by atoms with E-state index in [4.69, 9.17) is 4.74 Å². The molecule has 110 valence electrons. The zero-order chi connectivity index (χ0) is 13.7. The van der Waals surface area contributed by atoms with Gasteiger partial charge < -0.3 is 19.6 Å². The van der Waals surface area contributed by atoms with Gasteiger partial charge in [0.1, 0.15) is 0 Å². The predicted molar refractivity (Wildman–Crippen MR) is 73.0 cm³/mol. The molecule has 5 nitrogen and oxygen atoms in total. The van der Waals surface area contributed by atoms with Crippen molar-refractivity contribution in [1.29, 1.82) is 0 Å². The average Bonchev–Trinajstić information content (AvgIpc) is 2.64. The van der Waals surface area contributed by atoms with E-state index in [1.54, 1.807) is 0 Å². The number of ether oxygens (including phenoxy) is 1. The molecule has 2 rings (SSSR count). The molecule has 19 heavy (non-hydrogen) atoms. The van der Waals surface area contributed by atoms with E-state index in [-0.39, 0.29) is 18.2 Å². The highest BCUT2D eigenvalue weighted by atomic mass is 16.5. The summed E-state index contributed by atoms with van der Waals surface area (Å²) in [6.07, 6.45) is 4.78. The Balaban J connectivity index is 2.01. The summed E-state index contributed by atoms with van der Waals surface area (Å²) in [7, 11) is 0. The lowest BCUT2D eigenvalue weighted by atomic mass is 10.0. The number of morpholine rings is 1. The third-order valence-electron chi connectivity index (χ3n) is 4.02. The summed E-state index contributed by atoms with van der Waals surface area (Å²) < 4.78 is 5.30. The minimum Gasteiger partial charge on any atom is -0.393 e. The van der Waals surface area contributed by atoms with Crippen molar-refractivity contribution in [2.24, 2.45) is 0 Å². The Morgan fingerprint density at radius 3 is 2.68 bits per heavy atom. The fourth-order valence-electron chi connectivity index (χ4n) is 3.00. The van der Waals surface area contributed by atoms with Gasteiger partial charge in [0.25, 0.3) is 0 Å². The number of amides is 2. The quantitative estimate of drug-likeness (QED) is 0.826. The lowest BCUT2D eigenvalue weighted by Gasteiger charge is -2.37. The average molecular weight is 270 g/mol. The molecule has 2 aliphatic heterocycles. The summed E-state index contributed by atoms with van der Waals surface area (Å²) in [5.41, 5.74) is 0. The molecule has 5 heteroatoms. The topological polar surface area (TPSA) is 53.0 Å². The maximum absolute atomic E-state index is 12.6. The number of nitrogens with zero attached hydrogens (tertiary/aromatic N) is 2. The molecule has 0 aromatic rings. The first-order valence-electron chi connectivity index (χ1n) is 7.50. The van der Waals surface area contributed by atoms with Crippen LogP contribution < -0.4 is 0 Å². The molecule has 2 aliphatic rings. The lowest BCUT2D eigenvalue weighted by molar-refractivity contribution is 0.0359. The van der Waals surface area contributed by atoms with Crippen LogP contribution in [0.25, 0.3) is 0 Å². The van der Waals surface area contributed by atoms with Gasteiger partial charge in [-0.3, -0.25) is 0 Å². The van der Waals surface area contributed by atoms with Crippen LogP contribution in [0.1, 0.15) is 39.0 Å². The Labute approximate surface area is 115 Å². The first-order valence-corrected chi connectivity index (χ1v) is 7.50. The summed E-state index contributed by atoms with van der Waals surface area (Å²) in [5.74, 6) is 0. The number of rotatable bonds is 2.